The summed E-state index contributed by atoms with van der Waals surface area (Å²) < 4.78 is 44.0. The fourth-order valence-corrected chi connectivity index (χ4v) is 9.35. The molecule has 42 heavy (non-hydrogen) atoms. The van der Waals surface area contributed by atoms with E-state index in [-0.39, 0.29) is 35.4 Å². The highest BCUT2D eigenvalue weighted by Gasteiger charge is 2.57. The van der Waals surface area contributed by atoms with Crippen molar-refractivity contribution in [3.63, 3.8) is 0 Å². The van der Waals surface area contributed by atoms with E-state index in [1.807, 2.05) is 13.0 Å². The molecule has 3 unspecified atom stereocenters. The molecule has 3 atom stereocenters. The summed E-state index contributed by atoms with van der Waals surface area (Å²) in [5, 5.41) is 3.09. The molecule has 3 aliphatic rings. The van der Waals surface area contributed by atoms with Crippen molar-refractivity contribution in [1.29, 1.82) is 0 Å². The van der Waals surface area contributed by atoms with Crippen molar-refractivity contribution in [1.82, 2.24) is 10.2 Å². The number of likely N-dealkylation sites (tertiary alicyclic amines) is 1. The number of sulfonamides is 1. The number of carbonyl (C=O) groups excluding carboxylic acids is 2. The van der Waals surface area contributed by atoms with Crippen molar-refractivity contribution in [2.75, 3.05) is 23.9 Å². The Bertz CT molecular complexity index is 1370. The van der Waals surface area contributed by atoms with Gasteiger partial charge in [0, 0.05) is 49.5 Å². The third kappa shape index (κ3) is 6.25. The molecule has 7 nitrogen and oxygen atoms in total. The third-order valence-electron chi connectivity index (χ3n) is 9.18. The molecule has 1 saturated heterocycles. The van der Waals surface area contributed by atoms with Crippen LogP contribution < -0.4 is 9.62 Å². The summed E-state index contributed by atoms with van der Waals surface area (Å²) in [7, 11) is -3.86. The van der Waals surface area contributed by atoms with E-state index >= 15 is 0 Å². The number of nitrogens with one attached hydrogen (secondary N) is 1. The molecule has 0 aromatic heterocycles. The molecule has 2 heterocycles. The van der Waals surface area contributed by atoms with Gasteiger partial charge in [-0.05, 0) is 62.5 Å². The zero-order valence-corrected chi connectivity index (χ0v) is 27.2. The summed E-state index contributed by atoms with van der Waals surface area (Å²) in [4.78, 5) is 27.8. The van der Waals surface area contributed by atoms with Gasteiger partial charge in [0.1, 0.15) is 5.83 Å². The number of hydrogen-bond acceptors (Lipinski definition) is 4. The third-order valence-corrected chi connectivity index (χ3v) is 11.8. The average molecular weight is 643 g/mol. The van der Waals surface area contributed by atoms with Crippen molar-refractivity contribution >= 4 is 50.7 Å². The zero-order valence-electron chi connectivity index (χ0n) is 24.9. The standard InChI is InChI=1S/C31H42Cl2FN3O4S/c1-5-6-27-31(13-15-36(16-14-31)22(4)38)28-26(37(27)42(40,41)24-9-7-20(2)8-10-24)12-11-25(29(28)33)30(39)35-19-21(3)17-23(34)18-32/h9,11-12,18,20-21,27H,5-8,10,13-17,19H2,1-4H3,(H,35,39). The Kier molecular flexibility index (Phi) is 10.4. The van der Waals surface area contributed by atoms with Gasteiger partial charge in [0.05, 0.1) is 27.2 Å². The molecular weight excluding hydrogens is 600 g/mol. The largest absolute Gasteiger partial charge is 0.352 e. The van der Waals surface area contributed by atoms with Crippen LogP contribution in [0.25, 0.3) is 0 Å². The Labute approximate surface area is 259 Å². The number of fused-ring (bicyclic) bond motifs is 2. The van der Waals surface area contributed by atoms with E-state index in [1.54, 1.807) is 35.2 Å². The quantitative estimate of drug-likeness (QED) is 0.313. The zero-order chi connectivity index (χ0) is 30.8. The molecule has 2 aliphatic heterocycles. The lowest BCUT2D eigenvalue weighted by molar-refractivity contribution is -0.130. The highest BCUT2D eigenvalue weighted by Crippen LogP contribution is 2.57. The van der Waals surface area contributed by atoms with Gasteiger partial charge in [-0.2, -0.15) is 0 Å². The molecule has 0 radical (unpaired) electrons. The smallest absolute Gasteiger partial charge is 0.260 e. The normalized spacial score (nSPS) is 23.0. The van der Waals surface area contributed by atoms with E-state index in [0.29, 0.717) is 60.8 Å². The first-order valence-corrected chi connectivity index (χ1v) is 17.2. The van der Waals surface area contributed by atoms with Gasteiger partial charge in [-0.15, -0.1) is 0 Å². The second-order valence-electron chi connectivity index (χ2n) is 12.2. The molecule has 2 amide bonds. The molecule has 232 valence electrons. The number of piperidine rings is 1. The molecule has 4 rings (SSSR count). The van der Waals surface area contributed by atoms with Crippen LogP contribution in [-0.2, 0) is 20.2 Å². The number of hydrogen-bond donors (Lipinski definition) is 1. The van der Waals surface area contributed by atoms with Crippen LogP contribution in [0.5, 0.6) is 0 Å². The predicted octanol–water partition coefficient (Wildman–Crippen LogP) is 7.05. The van der Waals surface area contributed by atoms with Crippen molar-refractivity contribution in [2.45, 2.75) is 90.5 Å². The highest BCUT2D eigenvalue weighted by atomic mass is 35.5. The van der Waals surface area contributed by atoms with E-state index < -0.39 is 33.2 Å². The van der Waals surface area contributed by atoms with Crippen molar-refractivity contribution in [3.05, 3.63) is 50.6 Å². The molecule has 11 heteroatoms. The number of anilines is 1. The van der Waals surface area contributed by atoms with Crippen molar-refractivity contribution < 1.29 is 22.4 Å². The molecular formula is C31H42Cl2FN3O4S. The van der Waals surface area contributed by atoms with E-state index in [2.05, 4.69) is 12.2 Å². The first kappa shape index (κ1) is 32.8. The second-order valence-corrected chi connectivity index (χ2v) is 14.7. The van der Waals surface area contributed by atoms with Crippen LogP contribution in [0.15, 0.2) is 34.5 Å². The highest BCUT2D eigenvalue weighted by molar-refractivity contribution is 7.96. The van der Waals surface area contributed by atoms with Crippen LogP contribution in [-0.4, -0.2) is 50.8 Å². The number of nitrogens with zero attached hydrogens (tertiary/aromatic N) is 2. The molecule has 1 aromatic rings. The van der Waals surface area contributed by atoms with Crippen LogP contribution >= 0.6 is 23.2 Å². The Hall–Kier alpha value is -2.10. The minimum Gasteiger partial charge on any atom is -0.352 e. The van der Waals surface area contributed by atoms with Gasteiger partial charge >= 0.3 is 0 Å². The number of rotatable bonds is 9. The Balaban J connectivity index is 1.79. The lowest BCUT2D eigenvalue weighted by atomic mass is 9.68. The van der Waals surface area contributed by atoms with Gasteiger partial charge < -0.3 is 10.2 Å². The summed E-state index contributed by atoms with van der Waals surface area (Å²) in [6.07, 6.45) is 6.43. The monoisotopic (exact) mass is 641 g/mol. The number of halogens is 3. The van der Waals surface area contributed by atoms with E-state index in [9.17, 15) is 22.4 Å². The Morgan fingerprint density at radius 2 is 1.95 bits per heavy atom. The summed E-state index contributed by atoms with van der Waals surface area (Å²) >= 11 is 12.6. The maximum absolute atomic E-state index is 14.4. The number of carbonyl (C=O) groups is 2. The average Bonchev–Trinajstić information content (AvgIpc) is 3.22. The van der Waals surface area contributed by atoms with Gasteiger partial charge in [0.25, 0.3) is 15.9 Å². The van der Waals surface area contributed by atoms with Crippen LogP contribution in [0, 0.1) is 11.8 Å². The van der Waals surface area contributed by atoms with Crippen molar-refractivity contribution in [3.8, 4) is 0 Å². The molecule has 1 spiro atoms. The number of amides is 2. The van der Waals surface area contributed by atoms with Crippen LogP contribution in [0.4, 0.5) is 10.1 Å². The molecule has 0 saturated carbocycles. The summed E-state index contributed by atoms with van der Waals surface area (Å²) in [6, 6.07) is 2.92. The lowest BCUT2D eigenvalue weighted by Crippen LogP contribution is -2.53. The fourth-order valence-electron chi connectivity index (χ4n) is 6.84. The SMILES string of the molecule is CCCC1N(S(=O)(=O)C2=CCC(C)CC2)c2ccc(C(=O)NCC(C)CC(F)=CCl)c(Cl)c2C12CCN(C(C)=O)CC2. The van der Waals surface area contributed by atoms with E-state index in [0.717, 1.165) is 24.8 Å². The Morgan fingerprint density at radius 3 is 2.52 bits per heavy atom. The summed E-state index contributed by atoms with van der Waals surface area (Å²) in [5.74, 6) is -0.642. The first-order chi connectivity index (χ1) is 19.9. The maximum Gasteiger partial charge on any atom is 0.260 e. The van der Waals surface area contributed by atoms with E-state index in [4.69, 9.17) is 23.2 Å². The van der Waals surface area contributed by atoms with Crippen molar-refractivity contribution in [2.24, 2.45) is 11.8 Å². The molecule has 1 fully saturated rings. The molecule has 1 N–H and O–H groups in total. The second kappa shape index (κ2) is 13.3. The molecule has 1 aromatic carbocycles. The minimum atomic E-state index is -3.86. The Morgan fingerprint density at radius 1 is 1.26 bits per heavy atom. The molecule has 0 bridgehead atoms. The summed E-state index contributed by atoms with van der Waals surface area (Å²) in [5.41, 5.74) is 1.69. The predicted molar refractivity (Wildman–Crippen MR) is 167 cm³/mol. The van der Waals surface area contributed by atoms with Crippen LogP contribution in [0.2, 0.25) is 5.02 Å². The summed E-state index contributed by atoms with van der Waals surface area (Å²) in [6.45, 7) is 8.69. The lowest BCUT2D eigenvalue weighted by Gasteiger charge is -2.45. The van der Waals surface area contributed by atoms with Gasteiger partial charge in [-0.25, -0.2) is 12.8 Å². The maximum atomic E-state index is 14.4. The number of benzene rings is 1. The first-order valence-electron chi connectivity index (χ1n) is 14.9. The van der Waals surface area contributed by atoms with Gasteiger partial charge in [-0.1, -0.05) is 56.5 Å². The van der Waals surface area contributed by atoms with Crippen LogP contribution in [0.1, 0.15) is 95.0 Å². The molecule has 1 aliphatic carbocycles. The minimum absolute atomic E-state index is 0.0186. The van der Waals surface area contributed by atoms with Gasteiger partial charge in [-0.3, -0.25) is 13.9 Å². The topological polar surface area (TPSA) is 86.8 Å². The van der Waals surface area contributed by atoms with Gasteiger partial charge in [0.15, 0.2) is 0 Å². The van der Waals surface area contributed by atoms with Gasteiger partial charge in [0.2, 0.25) is 5.91 Å². The number of allylic oxidation sites excluding steroid dienone is 3. The fraction of sp³-hybridized carbons (Fsp3) is 0.613. The van der Waals surface area contributed by atoms with E-state index in [1.165, 1.54) is 0 Å². The van der Waals surface area contributed by atoms with Crippen LogP contribution in [0.3, 0.4) is 0 Å².